The number of thiophene rings is 1. The van der Waals surface area contributed by atoms with Gasteiger partial charge < -0.3 is 10.2 Å². The molecule has 25 heavy (non-hydrogen) atoms. The first-order valence-corrected chi connectivity index (χ1v) is 9.56. The summed E-state index contributed by atoms with van der Waals surface area (Å²) >= 11 is 1.66. The third kappa shape index (κ3) is 3.51. The summed E-state index contributed by atoms with van der Waals surface area (Å²) in [5.74, 6) is 0.655. The van der Waals surface area contributed by atoms with Gasteiger partial charge in [-0.2, -0.15) is 11.3 Å². The number of nitrogens with zero attached hydrogens (tertiary/aromatic N) is 4. The topological polar surface area (TPSA) is 62.5 Å². The molecule has 3 aromatic heterocycles. The van der Waals surface area contributed by atoms with E-state index in [0.29, 0.717) is 18.4 Å². The average molecular weight is 355 g/mol. The van der Waals surface area contributed by atoms with Crippen molar-refractivity contribution in [2.24, 2.45) is 0 Å². The van der Waals surface area contributed by atoms with Crippen molar-refractivity contribution in [3.8, 4) is 0 Å². The standard InChI is InChI=1S/C18H21N5OS/c1-2-15(16-11-22-8-3-7-19-17(22)20-16)21-18(24)23(14-4-5-14)10-13-6-9-25-12-13/h3,6-9,11-12,14-15H,2,4-5,10H2,1H3,(H,21,24)/t15-/m1/s1. The van der Waals surface area contributed by atoms with Gasteiger partial charge in [0.1, 0.15) is 0 Å². The molecule has 0 unspecified atom stereocenters. The molecule has 130 valence electrons. The Morgan fingerprint density at radius 3 is 3.08 bits per heavy atom. The van der Waals surface area contributed by atoms with E-state index in [2.05, 4.69) is 39.0 Å². The Labute approximate surface area is 150 Å². The first-order chi connectivity index (χ1) is 12.2. The highest BCUT2D eigenvalue weighted by Gasteiger charge is 2.33. The minimum Gasteiger partial charge on any atom is -0.330 e. The Bertz CT molecular complexity index is 822. The monoisotopic (exact) mass is 355 g/mol. The minimum absolute atomic E-state index is 0.00874. The van der Waals surface area contributed by atoms with Crippen molar-refractivity contribution in [2.75, 3.05) is 0 Å². The number of hydrogen-bond acceptors (Lipinski definition) is 4. The number of carbonyl (C=O) groups excluding carboxylic acids is 1. The maximum absolute atomic E-state index is 12.9. The fourth-order valence-electron chi connectivity index (χ4n) is 2.97. The van der Waals surface area contributed by atoms with Crippen LogP contribution in [-0.2, 0) is 6.54 Å². The maximum Gasteiger partial charge on any atom is 0.318 e. The van der Waals surface area contributed by atoms with E-state index < -0.39 is 0 Å². The number of rotatable bonds is 6. The minimum atomic E-state index is -0.113. The van der Waals surface area contributed by atoms with Crippen molar-refractivity contribution < 1.29 is 4.79 Å². The molecule has 1 aliphatic carbocycles. The lowest BCUT2D eigenvalue weighted by atomic mass is 10.2. The number of imidazole rings is 1. The number of fused-ring (bicyclic) bond motifs is 1. The van der Waals surface area contributed by atoms with Crippen LogP contribution in [0.15, 0.2) is 41.5 Å². The zero-order valence-electron chi connectivity index (χ0n) is 14.1. The molecule has 7 heteroatoms. The highest BCUT2D eigenvalue weighted by atomic mass is 32.1. The average Bonchev–Trinajstić information content (AvgIpc) is 3.17. The van der Waals surface area contributed by atoms with Crippen LogP contribution in [0.3, 0.4) is 0 Å². The molecule has 2 amide bonds. The molecular formula is C18H21N5OS. The van der Waals surface area contributed by atoms with Gasteiger partial charge in [0.15, 0.2) is 0 Å². The largest absolute Gasteiger partial charge is 0.330 e. The molecular weight excluding hydrogens is 334 g/mol. The summed E-state index contributed by atoms with van der Waals surface area (Å²) in [5.41, 5.74) is 2.04. The van der Waals surface area contributed by atoms with Gasteiger partial charge in [-0.05, 0) is 47.7 Å². The fourth-order valence-corrected chi connectivity index (χ4v) is 3.63. The quantitative estimate of drug-likeness (QED) is 0.735. The molecule has 3 heterocycles. The lowest BCUT2D eigenvalue weighted by molar-refractivity contribution is 0.187. The molecule has 1 atom stereocenters. The Balaban J connectivity index is 1.50. The molecule has 1 N–H and O–H groups in total. The lowest BCUT2D eigenvalue weighted by Crippen LogP contribution is -2.42. The molecule has 1 aliphatic rings. The molecule has 4 rings (SSSR count). The van der Waals surface area contributed by atoms with Crippen LogP contribution in [0.5, 0.6) is 0 Å². The molecule has 0 aromatic carbocycles. The molecule has 0 bridgehead atoms. The Hall–Kier alpha value is -2.41. The van der Waals surface area contributed by atoms with Crippen molar-refractivity contribution in [3.05, 3.63) is 52.7 Å². The van der Waals surface area contributed by atoms with E-state index in [1.807, 2.05) is 27.8 Å². The van der Waals surface area contributed by atoms with Gasteiger partial charge in [-0.1, -0.05) is 6.92 Å². The van der Waals surface area contributed by atoms with Crippen LogP contribution in [0.2, 0.25) is 0 Å². The Morgan fingerprint density at radius 1 is 1.52 bits per heavy atom. The van der Waals surface area contributed by atoms with Gasteiger partial charge in [-0.3, -0.25) is 4.40 Å². The summed E-state index contributed by atoms with van der Waals surface area (Å²) in [6.07, 6.45) is 8.55. The smallest absolute Gasteiger partial charge is 0.318 e. The maximum atomic E-state index is 12.9. The van der Waals surface area contributed by atoms with Crippen molar-refractivity contribution >= 4 is 23.1 Å². The van der Waals surface area contributed by atoms with E-state index in [4.69, 9.17) is 0 Å². The zero-order valence-corrected chi connectivity index (χ0v) is 14.9. The number of aromatic nitrogens is 3. The van der Waals surface area contributed by atoms with Gasteiger partial charge in [0, 0.05) is 31.2 Å². The second-order valence-electron chi connectivity index (χ2n) is 6.39. The summed E-state index contributed by atoms with van der Waals surface area (Å²) in [6, 6.07) is 4.19. The molecule has 3 aromatic rings. The summed E-state index contributed by atoms with van der Waals surface area (Å²) in [5, 5.41) is 7.32. The second-order valence-corrected chi connectivity index (χ2v) is 7.17. The second kappa shape index (κ2) is 6.84. The predicted molar refractivity (Wildman–Crippen MR) is 97.4 cm³/mol. The van der Waals surface area contributed by atoms with Crippen LogP contribution in [0.4, 0.5) is 4.79 Å². The number of carbonyl (C=O) groups is 1. The van der Waals surface area contributed by atoms with E-state index >= 15 is 0 Å². The first-order valence-electron chi connectivity index (χ1n) is 8.62. The highest BCUT2D eigenvalue weighted by molar-refractivity contribution is 7.07. The Morgan fingerprint density at radius 2 is 2.40 bits per heavy atom. The van der Waals surface area contributed by atoms with Gasteiger partial charge in [-0.25, -0.2) is 14.8 Å². The molecule has 6 nitrogen and oxygen atoms in total. The number of amides is 2. The van der Waals surface area contributed by atoms with Crippen molar-refractivity contribution in [1.82, 2.24) is 24.6 Å². The zero-order chi connectivity index (χ0) is 17.2. The highest BCUT2D eigenvalue weighted by Crippen LogP contribution is 2.29. The van der Waals surface area contributed by atoms with E-state index in [1.54, 1.807) is 17.5 Å². The van der Waals surface area contributed by atoms with E-state index in [0.717, 1.165) is 25.0 Å². The van der Waals surface area contributed by atoms with Crippen LogP contribution in [0.1, 0.15) is 43.5 Å². The van der Waals surface area contributed by atoms with E-state index in [1.165, 1.54) is 5.56 Å². The van der Waals surface area contributed by atoms with Crippen molar-refractivity contribution in [3.63, 3.8) is 0 Å². The van der Waals surface area contributed by atoms with Gasteiger partial charge in [0.2, 0.25) is 5.78 Å². The van der Waals surface area contributed by atoms with E-state index in [9.17, 15) is 4.79 Å². The molecule has 0 aliphatic heterocycles. The van der Waals surface area contributed by atoms with E-state index in [-0.39, 0.29) is 12.1 Å². The first kappa shape index (κ1) is 16.1. The molecule has 1 saturated carbocycles. The Kier molecular flexibility index (Phi) is 4.40. The lowest BCUT2D eigenvalue weighted by Gasteiger charge is -2.25. The van der Waals surface area contributed by atoms with Gasteiger partial charge in [-0.15, -0.1) is 0 Å². The van der Waals surface area contributed by atoms with Gasteiger partial charge >= 0.3 is 6.03 Å². The van der Waals surface area contributed by atoms with Gasteiger partial charge in [0.25, 0.3) is 0 Å². The molecule has 1 fully saturated rings. The third-order valence-electron chi connectivity index (χ3n) is 4.50. The van der Waals surface area contributed by atoms with Crippen LogP contribution >= 0.6 is 11.3 Å². The number of urea groups is 1. The van der Waals surface area contributed by atoms with Crippen molar-refractivity contribution in [2.45, 2.75) is 44.8 Å². The molecule has 0 saturated heterocycles. The van der Waals surface area contributed by atoms with Crippen LogP contribution in [0.25, 0.3) is 5.78 Å². The van der Waals surface area contributed by atoms with Gasteiger partial charge in [0.05, 0.1) is 11.7 Å². The fraction of sp³-hybridized carbons (Fsp3) is 0.389. The van der Waals surface area contributed by atoms with Crippen molar-refractivity contribution in [1.29, 1.82) is 0 Å². The molecule has 0 radical (unpaired) electrons. The predicted octanol–water partition coefficient (Wildman–Crippen LogP) is 3.62. The molecule has 0 spiro atoms. The summed E-state index contributed by atoms with van der Waals surface area (Å²) in [4.78, 5) is 23.6. The summed E-state index contributed by atoms with van der Waals surface area (Å²) in [6.45, 7) is 2.73. The summed E-state index contributed by atoms with van der Waals surface area (Å²) < 4.78 is 1.88. The number of nitrogens with one attached hydrogen (secondary N) is 1. The number of hydrogen-bond donors (Lipinski definition) is 1. The third-order valence-corrected chi connectivity index (χ3v) is 5.23. The van der Waals surface area contributed by atoms with Crippen LogP contribution < -0.4 is 5.32 Å². The van der Waals surface area contributed by atoms with Crippen LogP contribution in [-0.4, -0.2) is 31.3 Å². The normalized spacial score (nSPS) is 15.2. The van der Waals surface area contributed by atoms with Crippen LogP contribution in [0, 0.1) is 0 Å². The summed E-state index contributed by atoms with van der Waals surface area (Å²) in [7, 11) is 0. The SMILES string of the molecule is CC[C@@H](NC(=O)N(Cc1ccsc1)C1CC1)c1cn2cccnc2n1.